The van der Waals surface area contributed by atoms with Gasteiger partial charge >= 0.3 is 63.8 Å². The first-order valence-electron chi connectivity index (χ1n) is 18.6. The molecule has 0 N–H and O–H groups in total. The van der Waals surface area contributed by atoms with E-state index in [0.29, 0.717) is 33.0 Å². The van der Waals surface area contributed by atoms with E-state index in [2.05, 4.69) is 31.9 Å². The fourth-order valence-electron chi connectivity index (χ4n) is 4.16. The Balaban J connectivity index is -0.000000817. The Morgan fingerprint density at radius 3 is 1.14 bits per heavy atom. The minimum atomic E-state index is -4.00. The predicted octanol–water partition coefficient (Wildman–Crippen LogP) is 10.8. The van der Waals surface area contributed by atoms with Gasteiger partial charge in [-0.2, -0.15) is 12.6 Å². The van der Waals surface area contributed by atoms with Gasteiger partial charge in [0.25, 0.3) is 0 Å². The van der Waals surface area contributed by atoms with Gasteiger partial charge < -0.3 is 18.9 Å². The molecule has 0 saturated heterocycles. The number of ether oxygens (including phenoxy) is 4. The molecule has 0 aromatic rings. The van der Waals surface area contributed by atoms with E-state index in [4.69, 9.17) is 60.6 Å². The van der Waals surface area contributed by atoms with Crippen molar-refractivity contribution in [1.29, 1.82) is 0 Å². The second kappa shape index (κ2) is 39.5. The fourth-order valence-corrected chi connectivity index (χ4v) is 5.45. The summed E-state index contributed by atoms with van der Waals surface area (Å²) in [6.07, 6.45) is 17.7. The Kier molecular flexibility index (Phi) is 43.8. The Morgan fingerprint density at radius 1 is 0.510 bits per heavy atom. The van der Waals surface area contributed by atoms with Crippen LogP contribution in [0.15, 0.2) is 0 Å². The van der Waals surface area contributed by atoms with Crippen molar-refractivity contribution in [2.75, 3.05) is 52.9 Å². The molecule has 1 unspecified atom stereocenters. The van der Waals surface area contributed by atoms with Crippen LogP contribution in [0.4, 0.5) is 0 Å². The zero-order valence-corrected chi connectivity index (χ0v) is 38.4. The van der Waals surface area contributed by atoms with Crippen molar-refractivity contribution < 1.29 is 61.3 Å². The summed E-state index contributed by atoms with van der Waals surface area (Å²) in [5.74, 6) is -1.95. The van der Waals surface area contributed by atoms with Gasteiger partial charge in [0.1, 0.15) is 13.2 Å². The monoisotopic (exact) mass is 927 g/mol. The SMILES string of the molecule is CCCCCCOC(C)(COS(=O)(=O)OCC)OCCCCCC.CCCCCCOC(C)(COS(=O)OCC)OCCCCCC.[Cl][Ru]([Cl])[Cl]. The van der Waals surface area contributed by atoms with E-state index >= 15 is 0 Å². The topological polar surface area (TPSA) is 125 Å². The van der Waals surface area contributed by atoms with Gasteiger partial charge in [-0.3, -0.25) is 8.37 Å². The molecule has 0 rings (SSSR count). The standard InChI is InChI=1S/C17H36O6S.C17H36O5S.3ClH.Ru/c1-5-8-10-12-14-20-17(4,21-15-13-11-9-6-2)16-23-24(18,19)22-7-3;1-5-8-10-12-14-19-17(4,16-22-23(18)21-7-3)20-15-13-11-9-6-2;;;;/h5-16H2,1-4H3;5-16H2,1-4H3;3*1H;/q;;;;;+3/p-3. The van der Waals surface area contributed by atoms with Crippen molar-refractivity contribution in [3.63, 3.8) is 0 Å². The number of unbranched alkanes of at least 4 members (excludes halogenated alkanes) is 12. The van der Waals surface area contributed by atoms with Crippen molar-refractivity contribution in [2.45, 2.75) is 170 Å². The summed E-state index contributed by atoms with van der Waals surface area (Å²) >= 11 is -3.50. The van der Waals surface area contributed by atoms with E-state index in [0.717, 1.165) is 77.0 Å². The third-order valence-corrected chi connectivity index (χ3v) is 8.65. The van der Waals surface area contributed by atoms with Gasteiger partial charge in [0.05, 0.1) is 39.6 Å². The van der Waals surface area contributed by atoms with Gasteiger partial charge in [-0.15, -0.1) is 0 Å². The Bertz CT molecular complexity index is 833. The van der Waals surface area contributed by atoms with Crippen LogP contribution in [0.1, 0.15) is 158 Å². The molecule has 0 bridgehead atoms. The summed E-state index contributed by atoms with van der Waals surface area (Å²) in [5.41, 5.74) is 0. The van der Waals surface area contributed by atoms with Crippen LogP contribution in [0.25, 0.3) is 0 Å². The summed E-state index contributed by atoms with van der Waals surface area (Å²) in [5, 5.41) is 0. The molecule has 0 spiro atoms. The molecule has 0 heterocycles. The second-order valence-electron chi connectivity index (χ2n) is 12.0. The summed E-state index contributed by atoms with van der Waals surface area (Å²) in [7, 11) is 10.8. The first-order chi connectivity index (χ1) is 24.2. The van der Waals surface area contributed by atoms with Gasteiger partial charge in [-0.25, -0.2) is 8.37 Å². The van der Waals surface area contributed by atoms with Gasteiger partial charge in [-0.1, -0.05) is 105 Å². The van der Waals surface area contributed by atoms with Crippen LogP contribution in [0, 0.1) is 0 Å². The zero-order valence-electron chi connectivity index (χ0n) is 32.8. The first-order valence-corrected chi connectivity index (χ1v) is 27.7. The normalized spacial score (nSPS) is 12.9. The first kappa shape index (κ1) is 56.6. The van der Waals surface area contributed by atoms with Crippen LogP contribution < -0.4 is 0 Å². The molecule has 51 heavy (non-hydrogen) atoms. The van der Waals surface area contributed by atoms with Crippen LogP contribution in [-0.4, -0.2) is 77.1 Å². The van der Waals surface area contributed by atoms with Crippen LogP contribution in [0.5, 0.6) is 0 Å². The molecule has 0 aliphatic rings. The third-order valence-electron chi connectivity index (χ3n) is 6.98. The molecule has 0 aromatic heterocycles. The molecule has 0 amide bonds. The molecule has 0 radical (unpaired) electrons. The third kappa shape index (κ3) is 43.9. The summed E-state index contributed by atoms with van der Waals surface area (Å²) < 4.78 is 77.5. The van der Waals surface area contributed by atoms with Crippen molar-refractivity contribution in [3.05, 3.63) is 0 Å². The Hall–Kier alpha value is 1.27. The Morgan fingerprint density at radius 2 is 0.843 bits per heavy atom. The number of hydrogen-bond acceptors (Lipinski definition) is 11. The molecule has 0 aliphatic carbocycles. The molecule has 0 fully saturated rings. The molecule has 11 nitrogen and oxygen atoms in total. The van der Waals surface area contributed by atoms with E-state index < -0.39 is 46.3 Å². The van der Waals surface area contributed by atoms with Crippen LogP contribution in [-0.2, 0) is 70.4 Å². The maximum absolute atomic E-state index is 11.6. The summed E-state index contributed by atoms with van der Waals surface area (Å²) in [6, 6.07) is 0. The van der Waals surface area contributed by atoms with Crippen LogP contribution >= 0.6 is 29.1 Å². The van der Waals surface area contributed by atoms with Crippen LogP contribution in [0.3, 0.4) is 0 Å². The number of rotatable bonds is 34. The molecule has 1 atom stereocenters. The number of halogens is 3. The van der Waals surface area contributed by atoms with Crippen molar-refractivity contribution in [3.8, 4) is 0 Å². The minimum absolute atomic E-state index is 0.0365. The summed E-state index contributed by atoms with van der Waals surface area (Å²) in [4.78, 5) is 0. The zero-order chi connectivity index (χ0) is 39.3. The van der Waals surface area contributed by atoms with Crippen molar-refractivity contribution in [2.24, 2.45) is 0 Å². The molecule has 0 saturated carbocycles. The van der Waals surface area contributed by atoms with E-state index in [-0.39, 0.29) is 19.8 Å². The molecule has 17 heteroatoms. The average molecular weight is 929 g/mol. The second-order valence-corrected chi connectivity index (χ2v) is 22.1. The predicted molar refractivity (Wildman–Crippen MR) is 207 cm³/mol. The summed E-state index contributed by atoms with van der Waals surface area (Å²) in [6.45, 7) is 18.1. The van der Waals surface area contributed by atoms with E-state index in [1.807, 2.05) is 6.92 Å². The quantitative estimate of drug-likeness (QED) is 0.0348. The molecular weight excluding hydrogens is 856 g/mol. The molecule has 315 valence electrons. The Labute approximate surface area is 332 Å². The van der Waals surface area contributed by atoms with E-state index in [1.165, 1.54) is 25.7 Å². The molecule has 0 aliphatic heterocycles. The van der Waals surface area contributed by atoms with Gasteiger partial charge in [-0.05, 0) is 53.4 Å². The van der Waals surface area contributed by atoms with E-state index in [1.54, 1.807) is 20.8 Å². The fraction of sp³-hybridized carbons (Fsp3) is 1.00. The molecular formula is C34H72Cl3O11RuS2. The average Bonchev–Trinajstić information content (AvgIpc) is 3.07. The van der Waals surface area contributed by atoms with Crippen LogP contribution in [0.2, 0.25) is 0 Å². The maximum atomic E-state index is 11.6. The van der Waals surface area contributed by atoms with Crippen molar-refractivity contribution in [1.82, 2.24) is 0 Å². The van der Waals surface area contributed by atoms with Crippen molar-refractivity contribution >= 4 is 50.8 Å². The van der Waals surface area contributed by atoms with E-state index in [9.17, 15) is 12.6 Å². The number of hydrogen-bond donors (Lipinski definition) is 0. The molecule has 0 aromatic carbocycles. The van der Waals surface area contributed by atoms with Gasteiger partial charge in [0, 0.05) is 0 Å². The van der Waals surface area contributed by atoms with Gasteiger partial charge in [0.2, 0.25) is 0 Å². The van der Waals surface area contributed by atoms with Gasteiger partial charge in [0.15, 0.2) is 11.6 Å².